The van der Waals surface area contributed by atoms with Gasteiger partial charge in [-0.15, -0.1) is 0 Å². The van der Waals surface area contributed by atoms with Gasteiger partial charge in [-0.3, -0.25) is 4.79 Å². The zero-order valence-electron chi connectivity index (χ0n) is 27.8. The van der Waals surface area contributed by atoms with Crippen molar-refractivity contribution in [3.05, 3.63) is 91.0 Å². The average Bonchev–Trinajstić information content (AvgIpc) is 3.12. The molecule has 3 rings (SSSR count). The van der Waals surface area contributed by atoms with E-state index in [0.29, 0.717) is 12.6 Å². The van der Waals surface area contributed by atoms with Gasteiger partial charge >= 0.3 is 259 Å². The van der Waals surface area contributed by atoms with Crippen molar-refractivity contribution in [3.63, 3.8) is 0 Å². The van der Waals surface area contributed by atoms with E-state index in [4.69, 9.17) is 15.2 Å². The molecule has 0 bridgehead atoms. The fourth-order valence-electron chi connectivity index (χ4n) is 5.42. The second-order valence-corrected chi connectivity index (χ2v) is 21.4. The number of rotatable bonds is 19. The molecule has 0 saturated heterocycles. The summed E-state index contributed by atoms with van der Waals surface area (Å²) in [5.41, 5.74) is 5.81. The monoisotopic (exact) mass is 773 g/mol. The van der Waals surface area contributed by atoms with Crippen LogP contribution < -0.4 is 32.3 Å². The van der Waals surface area contributed by atoms with Crippen LogP contribution in [-0.4, -0.2) is 72.6 Å². The molecule has 4 N–H and O–H groups in total. The van der Waals surface area contributed by atoms with Crippen molar-refractivity contribution in [1.29, 1.82) is 0 Å². The summed E-state index contributed by atoms with van der Waals surface area (Å²) in [5, 5.41) is 5.17. The van der Waals surface area contributed by atoms with Crippen molar-refractivity contribution in [2.75, 3.05) is 31.7 Å². The molecule has 0 saturated carbocycles. The Morgan fingerprint density at radius 1 is 0.796 bits per heavy atom. The van der Waals surface area contributed by atoms with E-state index < -0.39 is 41.1 Å². The van der Waals surface area contributed by atoms with Gasteiger partial charge in [0.2, 0.25) is 0 Å². The van der Waals surface area contributed by atoms with Crippen molar-refractivity contribution in [1.82, 2.24) is 10.6 Å². The number of hydrogen-bond donors (Lipinski definition) is 3. The van der Waals surface area contributed by atoms with Gasteiger partial charge in [0.15, 0.2) is 0 Å². The van der Waals surface area contributed by atoms with Crippen LogP contribution >= 0.6 is 32.6 Å². The molecule has 2 amide bonds. The third kappa shape index (κ3) is 11.0. The average molecular weight is 775 g/mol. The number of halogens is 1. The normalized spacial score (nSPS) is 13.2. The number of benzene rings is 3. The Morgan fingerprint density at radius 2 is 1.31 bits per heavy atom. The van der Waals surface area contributed by atoms with Crippen LogP contribution in [0.15, 0.2) is 91.0 Å². The van der Waals surface area contributed by atoms with Gasteiger partial charge in [-0.05, 0) is 13.8 Å². The molecule has 0 fully saturated rings. The molecule has 3 aromatic rings. The zero-order valence-corrected chi connectivity index (χ0v) is 31.1. The van der Waals surface area contributed by atoms with Crippen LogP contribution in [0.5, 0.6) is 0 Å². The molecule has 49 heavy (non-hydrogen) atoms. The minimum atomic E-state index is -3.21. The Morgan fingerprint density at radius 3 is 1.80 bits per heavy atom. The first-order valence-electron chi connectivity index (χ1n) is 16.2. The first kappa shape index (κ1) is 39.9. The fraction of sp³-hybridized carbons (Fsp3) is 0.361. The molecule has 2 atom stereocenters. The number of thioether (sulfide) groups is 1. The number of ether oxygens (including phenoxy) is 2. The Balaban J connectivity index is 1.74. The molecule has 264 valence electrons. The van der Waals surface area contributed by atoms with Crippen molar-refractivity contribution in [2.45, 2.75) is 51.6 Å². The molecule has 3 aromatic carbocycles. The Kier molecular flexibility index (Phi) is 15.9. The molecular weight excluding hydrogens is 729 g/mol. The molecule has 0 heterocycles. The quantitative estimate of drug-likeness (QED) is 0.122. The summed E-state index contributed by atoms with van der Waals surface area (Å²) >= 11 is 5.34. The molecular formula is C36H45BrN3O7PS. The van der Waals surface area contributed by atoms with E-state index in [2.05, 4.69) is 62.5 Å². The fourth-order valence-corrected chi connectivity index (χ4v) is 14.0. The number of carbonyl (C=O) groups excluding carboxylic acids is 5. The number of nitrogens with two attached hydrogens (primary N) is 1. The third-order valence-corrected chi connectivity index (χ3v) is 18.9. The van der Waals surface area contributed by atoms with Crippen molar-refractivity contribution >= 4 is 77.3 Å². The van der Waals surface area contributed by atoms with Gasteiger partial charge in [0, 0.05) is 0 Å². The van der Waals surface area contributed by atoms with Gasteiger partial charge < -0.3 is 10.5 Å². The van der Waals surface area contributed by atoms with Crippen LogP contribution in [0.25, 0.3) is 0 Å². The van der Waals surface area contributed by atoms with Gasteiger partial charge in [-0.1, -0.05) is 0 Å². The van der Waals surface area contributed by atoms with Crippen molar-refractivity contribution in [2.24, 2.45) is 5.73 Å². The molecule has 0 spiro atoms. The summed E-state index contributed by atoms with van der Waals surface area (Å²) in [5.74, 6) is -2.48. The Hall–Kier alpha value is -3.57. The summed E-state index contributed by atoms with van der Waals surface area (Å²) in [7, 11) is 0. The second-order valence-electron chi connectivity index (χ2n) is 11.2. The van der Waals surface area contributed by atoms with Crippen LogP contribution in [0.1, 0.15) is 39.5 Å². The molecule has 0 aliphatic carbocycles. The van der Waals surface area contributed by atoms with Crippen molar-refractivity contribution in [3.8, 4) is 0 Å². The maximum atomic E-state index is 13.3. The molecule has 0 radical (unpaired) electrons. The SMILES string of the molecule is CCOC(=O)CNC(=O)[C@H](CSC(=O)CCCP(Br)(c1ccccc1)(c1ccccc1)c1ccccc1)NC(=O)CC[C@H](N)C(=O)OCC. The molecule has 0 aliphatic rings. The standard InChI is InChI=1S/C36H45BrN3O7PS/c1-3-46-33(42)25-39-35(44)31(40-32(41)23-22-30(38)36(45)47-4-2)26-49-34(43)21-14-24-48(37,27-15-8-5-9-16-27,28-17-10-6-11-18-28)29-19-12-7-13-20-29/h5-13,15-20,30-31H,3-4,14,21-26,38H2,1-2H3,(H,39,44)(H,40,41)/t30-,31-/m0/s1. The molecule has 13 heteroatoms. The summed E-state index contributed by atoms with van der Waals surface area (Å²) in [6.45, 7) is 3.23. The van der Waals surface area contributed by atoms with E-state index >= 15 is 0 Å². The van der Waals surface area contributed by atoms with E-state index in [9.17, 15) is 24.0 Å². The molecule has 0 aliphatic heterocycles. The second kappa shape index (κ2) is 19.6. The van der Waals surface area contributed by atoms with Crippen LogP contribution in [0.4, 0.5) is 0 Å². The number of hydrogen-bond acceptors (Lipinski definition) is 9. The predicted molar refractivity (Wildman–Crippen MR) is 201 cm³/mol. The summed E-state index contributed by atoms with van der Waals surface area (Å²) < 4.78 is 9.76. The topological polar surface area (TPSA) is 154 Å². The van der Waals surface area contributed by atoms with Gasteiger partial charge in [0.25, 0.3) is 0 Å². The van der Waals surface area contributed by atoms with E-state index in [0.717, 1.165) is 27.7 Å². The summed E-state index contributed by atoms with van der Waals surface area (Å²) in [4.78, 5) is 62.8. The Labute approximate surface area is 300 Å². The van der Waals surface area contributed by atoms with Crippen LogP contribution in [0.2, 0.25) is 0 Å². The minimum Gasteiger partial charge on any atom is -0.465 e. The Bertz CT molecular complexity index is 1450. The van der Waals surface area contributed by atoms with Gasteiger partial charge in [-0.2, -0.15) is 0 Å². The van der Waals surface area contributed by atoms with E-state index in [-0.39, 0.29) is 49.9 Å². The first-order chi connectivity index (χ1) is 23.5. The number of esters is 2. The van der Waals surface area contributed by atoms with E-state index in [1.54, 1.807) is 13.8 Å². The molecule has 10 nitrogen and oxygen atoms in total. The maximum absolute atomic E-state index is 13.3. The smallest absolute Gasteiger partial charge is 0.465 e. The summed E-state index contributed by atoms with van der Waals surface area (Å²) in [6, 6.07) is 28.8. The zero-order chi connectivity index (χ0) is 35.7. The number of amides is 2. The van der Waals surface area contributed by atoms with Crippen LogP contribution in [0, 0.1) is 0 Å². The molecule has 0 unspecified atom stereocenters. The van der Waals surface area contributed by atoms with Crippen LogP contribution in [0.3, 0.4) is 0 Å². The third-order valence-electron chi connectivity index (χ3n) is 7.89. The van der Waals surface area contributed by atoms with Crippen molar-refractivity contribution < 1.29 is 33.4 Å². The van der Waals surface area contributed by atoms with Gasteiger partial charge in [0.1, 0.15) is 0 Å². The van der Waals surface area contributed by atoms with E-state index in [1.165, 1.54) is 0 Å². The molecule has 0 aromatic heterocycles. The predicted octanol–water partition coefficient (Wildman–Crippen LogP) is 3.70. The minimum absolute atomic E-state index is 0.0106. The van der Waals surface area contributed by atoms with Gasteiger partial charge in [-0.25, -0.2) is 0 Å². The van der Waals surface area contributed by atoms with E-state index in [1.807, 2.05) is 54.6 Å². The first-order valence-corrected chi connectivity index (χ1v) is 21.7. The summed E-state index contributed by atoms with van der Waals surface area (Å²) in [6.07, 6.45) is 1.30. The number of carbonyl (C=O) groups is 5. The van der Waals surface area contributed by atoms with Gasteiger partial charge in [0.05, 0.1) is 13.2 Å². The van der Waals surface area contributed by atoms with Crippen LogP contribution in [-0.2, 0) is 33.4 Å². The number of nitrogens with one attached hydrogen (secondary N) is 2.